The zero-order valence-electron chi connectivity index (χ0n) is 25.6. The quantitative estimate of drug-likeness (QED) is 0.151. The van der Waals surface area contributed by atoms with Gasteiger partial charge in [-0.25, -0.2) is 9.48 Å². The Morgan fingerprint density at radius 1 is 1.16 bits per heavy atom. The molecule has 1 atom stereocenters. The Morgan fingerprint density at radius 2 is 1.89 bits per heavy atom. The van der Waals surface area contributed by atoms with Gasteiger partial charge in [0.2, 0.25) is 11.1 Å². The molecule has 1 aliphatic rings. The van der Waals surface area contributed by atoms with Crippen LogP contribution in [0.5, 0.6) is 11.5 Å². The number of fused-ring (bicyclic) bond motifs is 1. The van der Waals surface area contributed by atoms with Crippen molar-refractivity contribution in [3.63, 3.8) is 0 Å². The van der Waals surface area contributed by atoms with Crippen molar-refractivity contribution in [2.45, 2.75) is 64.6 Å². The summed E-state index contributed by atoms with van der Waals surface area (Å²) in [5, 5.41) is 9.23. The Labute approximate surface area is 275 Å². The summed E-state index contributed by atoms with van der Waals surface area (Å²) in [6.45, 7) is 12.5. The maximum Gasteiger partial charge on any atom is 0.338 e. The fourth-order valence-electron chi connectivity index (χ4n) is 4.75. The van der Waals surface area contributed by atoms with Crippen LogP contribution in [0.25, 0.3) is 0 Å². The lowest BCUT2D eigenvalue weighted by molar-refractivity contribution is -0.143. The van der Waals surface area contributed by atoms with E-state index in [2.05, 4.69) is 21.2 Å². The van der Waals surface area contributed by atoms with Crippen molar-refractivity contribution in [2.75, 3.05) is 31.6 Å². The molecule has 1 aliphatic heterocycles. The molecule has 236 valence electrons. The van der Waals surface area contributed by atoms with E-state index in [0.717, 1.165) is 5.56 Å². The standard InChI is InChI=1S/C31H37BrClN5O5S/c1-7-37(8-2)25(39)16-42-28-22(32)14-21(15-24(28)41-9-3)27-26(29(40)43-18(4)5)19(6)34-30-35-31(36-38(27)30)44-17-20-12-10-11-13-23(20)33/h10-15,18,27H,7-9,16-17H2,1-6H3,(H,34,35,36). The summed E-state index contributed by atoms with van der Waals surface area (Å²) in [6.07, 6.45) is -0.327. The molecule has 1 N–H and O–H groups in total. The predicted octanol–water partition coefficient (Wildman–Crippen LogP) is 6.87. The van der Waals surface area contributed by atoms with Gasteiger partial charge in [-0.15, -0.1) is 5.10 Å². The van der Waals surface area contributed by atoms with Crippen molar-refractivity contribution >= 4 is 57.1 Å². The van der Waals surface area contributed by atoms with E-state index in [4.69, 9.17) is 35.9 Å². The molecular weight excluding hydrogens is 670 g/mol. The Balaban J connectivity index is 1.75. The SMILES string of the molecule is CCOc1cc(C2C(C(=O)OC(C)C)=C(C)Nc3nc(SCc4ccccc4Cl)nn32)cc(Br)c1OCC(=O)N(CC)CC. The second-order valence-electron chi connectivity index (χ2n) is 10.2. The molecule has 2 aromatic carbocycles. The van der Waals surface area contributed by atoms with Crippen molar-refractivity contribution in [3.8, 4) is 11.5 Å². The molecular formula is C31H37BrClN5O5S. The third-order valence-corrected chi connectivity index (χ3v) is 8.66. The highest BCUT2D eigenvalue weighted by Crippen LogP contribution is 2.43. The number of aromatic nitrogens is 3. The highest BCUT2D eigenvalue weighted by molar-refractivity contribution is 9.10. The summed E-state index contributed by atoms with van der Waals surface area (Å²) in [5.41, 5.74) is 2.64. The Morgan fingerprint density at radius 3 is 2.55 bits per heavy atom. The van der Waals surface area contributed by atoms with Crippen molar-refractivity contribution < 1.29 is 23.8 Å². The molecule has 1 amide bonds. The molecule has 1 aromatic heterocycles. The number of carbonyl (C=O) groups is 2. The third-order valence-electron chi connectivity index (χ3n) is 6.81. The minimum Gasteiger partial charge on any atom is -0.490 e. The van der Waals surface area contributed by atoms with Crippen LogP contribution < -0.4 is 14.8 Å². The van der Waals surface area contributed by atoms with E-state index >= 15 is 0 Å². The molecule has 0 spiro atoms. The number of rotatable bonds is 13. The third kappa shape index (κ3) is 7.70. The molecule has 1 unspecified atom stereocenters. The monoisotopic (exact) mass is 705 g/mol. The first kappa shape index (κ1) is 33.7. The first-order chi connectivity index (χ1) is 21.1. The van der Waals surface area contributed by atoms with Gasteiger partial charge in [0.05, 0.1) is 22.8 Å². The summed E-state index contributed by atoms with van der Waals surface area (Å²) in [6, 6.07) is 10.6. The smallest absolute Gasteiger partial charge is 0.338 e. The Hall–Kier alpha value is -3.22. The fourth-order valence-corrected chi connectivity index (χ4v) is 6.44. The van der Waals surface area contributed by atoms with E-state index in [9.17, 15) is 9.59 Å². The number of anilines is 1. The number of allylic oxidation sites excluding steroid dienone is 1. The van der Waals surface area contributed by atoms with E-state index in [0.29, 0.717) is 74.4 Å². The molecule has 0 saturated heterocycles. The second kappa shape index (κ2) is 15.2. The topological polar surface area (TPSA) is 108 Å². The molecule has 0 fully saturated rings. The summed E-state index contributed by atoms with van der Waals surface area (Å²) in [5.74, 6) is 1.27. The van der Waals surface area contributed by atoms with Gasteiger partial charge in [0.25, 0.3) is 5.91 Å². The van der Waals surface area contributed by atoms with Crippen LogP contribution >= 0.6 is 39.3 Å². The molecule has 4 rings (SSSR count). The number of ether oxygens (including phenoxy) is 3. The number of amides is 1. The zero-order chi connectivity index (χ0) is 32.0. The van der Waals surface area contributed by atoms with Gasteiger partial charge >= 0.3 is 5.97 Å². The van der Waals surface area contributed by atoms with E-state index in [1.54, 1.807) is 29.5 Å². The average Bonchev–Trinajstić information content (AvgIpc) is 3.38. The van der Waals surface area contributed by atoms with Gasteiger partial charge in [-0.3, -0.25) is 4.79 Å². The van der Waals surface area contributed by atoms with Gasteiger partial charge in [0, 0.05) is 29.6 Å². The van der Waals surface area contributed by atoms with Crippen LogP contribution in [0.2, 0.25) is 5.02 Å². The number of carbonyl (C=O) groups excluding carboxylic acids is 2. The van der Waals surface area contributed by atoms with Crippen molar-refractivity contribution in [1.29, 1.82) is 0 Å². The minimum absolute atomic E-state index is 0.127. The largest absolute Gasteiger partial charge is 0.490 e. The summed E-state index contributed by atoms with van der Waals surface area (Å²) in [4.78, 5) is 32.6. The number of hydrogen-bond donors (Lipinski definition) is 1. The summed E-state index contributed by atoms with van der Waals surface area (Å²) >= 11 is 11.4. The normalized spacial score (nSPS) is 14.2. The molecule has 44 heavy (non-hydrogen) atoms. The van der Waals surface area contributed by atoms with Gasteiger partial charge in [-0.2, -0.15) is 4.98 Å². The van der Waals surface area contributed by atoms with Crippen LogP contribution in [0.4, 0.5) is 5.95 Å². The number of hydrogen-bond acceptors (Lipinski definition) is 9. The van der Waals surface area contributed by atoms with Gasteiger partial charge in [-0.05, 0) is 86.8 Å². The average molecular weight is 707 g/mol. The lowest BCUT2D eigenvalue weighted by Crippen LogP contribution is -2.34. The van der Waals surface area contributed by atoms with Crippen molar-refractivity contribution in [1.82, 2.24) is 19.7 Å². The van der Waals surface area contributed by atoms with Gasteiger partial charge < -0.3 is 24.4 Å². The molecule has 2 heterocycles. The number of nitrogens with one attached hydrogen (secondary N) is 1. The highest BCUT2D eigenvalue weighted by Gasteiger charge is 2.36. The van der Waals surface area contributed by atoms with Crippen molar-refractivity contribution in [2.24, 2.45) is 0 Å². The van der Waals surface area contributed by atoms with Crippen LogP contribution in [0.1, 0.15) is 58.7 Å². The van der Waals surface area contributed by atoms with Gasteiger partial charge in [0.1, 0.15) is 6.04 Å². The zero-order valence-corrected chi connectivity index (χ0v) is 28.8. The first-order valence-electron chi connectivity index (χ1n) is 14.5. The Kier molecular flexibility index (Phi) is 11.6. The molecule has 0 radical (unpaired) electrons. The Bertz CT molecular complexity index is 1540. The molecule has 0 saturated carbocycles. The fraction of sp³-hybridized carbons (Fsp3) is 0.419. The predicted molar refractivity (Wildman–Crippen MR) is 175 cm³/mol. The van der Waals surface area contributed by atoms with Crippen LogP contribution in [0, 0.1) is 0 Å². The molecule has 0 bridgehead atoms. The number of thioether (sulfide) groups is 1. The lowest BCUT2D eigenvalue weighted by Gasteiger charge is -2.29. The number of likely N-dealkylation sites (N-methyl/N-ethyl adjacent to an activating group) is 1. The van der Waals surface area contributed by atoms with Crippen LogP contribution in [0.3, 0.4) is 0 Å². The van der Waals surface area contributed by atoms with E-state index < -0.39 is 12.0 Å². The molecule has 3 aromatic rings. The van der Waals surface area contributed by atoms with Crippen LogP contribution in [-0.2, 0) is 20.1 Å². The second-order valence-corrected chi connectivity index (χ2v) is 12.4. The van der Waals surface area contributed by atoms with Crippen molar-refractivity contribution in [3.05, 3.63) is 68.3 Å². The lowest BCUT2D eigenvalue weighted by atomic mass is 9.95. The number of halogens is 2. The van der Waals surface area contributed by atoms with Crippen LogP contribution in [0.15, 0.2) is 57.3 Å². The summed E-state index contributed by atoms with van der Waals surface area (Å²) < 4.78 is 19.9. The number of nitrogens with zero attached hydrogens (tertiary/aromatic N) is 4. The number of benzene rings is 2. The van der Waals surface area contributed by atoms with E-state index in [1.807, 2.05) is 58.0 Å². The molecule has 10 nitrogen and oxygen atoms in total. The van der Waals surface area contributed by atoms with Gasteiger partial charge in [-0.1, -0.05) is 41.6 Å². The highest BCUT2D eigenvalue weighted by atomic mass is 79.9. The van der Waals surface area contributed by atoms with Gasteiger partial charge in [0.15, 0.2) is 18.1 Å². The van der Waals surface area contributed by atoms with E-state index in [-0.39, 0.29) is 18.6 Å². The maximum absolute atomic E-state index is 13.5. The first-order valence-corrected chi connectivity index (χ1v) is 16.6. The van der Waals surface area contributed by atoms with E-state index in [1.165, 1.54) is 11.8 Å². The molecule has 13 heteroatoms. The minimum atomic E-state index is -0.693. The molecule has 0 aliphatic carbocycles. The summed E-state index contributed by atoms with van der Waals surface area (Å²) in [7, 11) is 0. The van der Waals surface area contributed by atoms with Crippen LogP contribution in [-0.4, -0.2) is 63.9 Å². The maximum atomic E-state index is 13.5. The number of esters is 1.